The van der Waals surface area contributed by atoms with Crippen LogP contribution in [0.2, 0.25) is 0 Å². The highest BCUT2D eigenvalue weighted by molar-refractivity contribution is 6.22. The van der Waals surface area contributed by atoms with Gasteiger partial charge < -0.3 is 4.74 Å². The molecule has 8 nitrogen and oxygen atoms in total. The van der Waals surface area contributed by atoms with E-state index in [9.17, 15) is 24.5 Å². The van der Waals surface area contributed by atoms with Gasteiger partial charge in [-0.05, 0) is 42.2 Å². The van der Waals surface area contributed by atoms with Gasteiger partial charge in [-0.1, -0.05) is 12.2 Å². The fraction of sp³-hybridized carbons (Fsp3) is 0.421. The summed E-state index contributed by atoms with van der Waals surface area (Å²) in [4.78, 5) is 49.0. The molecule has 27 heavy (non-hydrogen) atoms. The topological polar surface area (TPSA) is 107 Å². The van der Waals surface area contributed by atoms with E-state index in [1.807, 2.05) is 0 Å². The summed E-state index contributed by atoms with van der Waals surface area (Å²) in [6.45, 7) is 1.14. The quantitative estimate of drug-likeness (QED) is 0.202. The van der Waals surface area contributed by atoms with Crippen LogP contribution in [0.4, 0.5) is 11.4 Å². The van der Waals surface area contributed by atoms with Crippen molar-refractivity contribution in [3.8, 4) is 5.75 Å². The Morgan fingerprint density at radius 3 is 2.26 bits per heavy atom. The minimum absolute atomic E-state index is 0.0850. The highest BCUT2D eigenvalue weighted by atomic mass is 16.6. The first-order valence-electron chi connectivity index (χ1n) is 8.91. The molecule has 4 aliphatic carbocycles. The normalized spacial score (nSPS) is 35.1. The predicted molar refractivity (Wildman–Crippen MR) is 91.6 cm³/mol. The smallest absolute Gasteiger partial charge is 0.313 e. The summed E-state index contributed by atoms with van der Waals surface area (Å²) >= 11 is 0. The molecular formula is C19H16N2O6. The van der Waals surface area contributed by atoms with Gasteiger partial charge in [0, 0.05) is 13.0 Å². The fourth-order valence-corrected chi connectivity index (χ4v) is 5.24. The lowest BCUT2D eigenvalue weighted by Gasteiger charge is -2.37. The van der Waals surface area contributed by atoms with Crippen molar-refractivity contribution in [3.05, 3.63) is 40.5 Å². The number of carbonyl (C=O) groups excluding carboxylic acids is 3. The van der Waals surface area contributed by atoms with E-state index in [0.717, 1.165) is 24.3 Å². The molecule has 0 spiro atoms. The summed E-state index contributed by atoms with van der Waals surface area (Å²) in [5.74, 6) is -1.08. The Morgan fingerprint density at radius 1 is 1.15 bits per heavy atom. The second kappa shape index (κ2) is 5.25. The average molecular weight is 368 g/mol. The summed E-state index contributed by atoms with van der Waals surface area (Å²) in [6, 6.07) is 3.79. The van der Waals surface area contributed by atoms with Gasteiger partial charge in [-0.25, -0.2) is 4.90 Å². The predicted octanol–water partition coefficient (Wildman–Crippen LogP) is 2.08. The van der Waals surface area contributed by atoms with Crippen molar-refractivity contribution in [1.29, 1.82) is 0 Å². The molecule has 0 radical (unpaired) electrons. The third-order valence-corrected chi connectivity index (χ3v) is 6.31. The summed E-state index contributed by atoms with van der Waals surface area (Å²) < 4.78 is 4.86. The molecule has 1 heterocycles. The minimum Gasteiger partial charge on any atom is -0.419 e. The van der Waals surface area contributed by atoms with Crippen molar-refractivity contribution in [2.45, 2.75) is 13.3 Å². The van der Waals surface area contributed by atoms with Crippen molar-refractivity contribution in [2.24, 2.45) is 35.5 Å². The lowest BCUT2D eigenvalue weighted by molar-refractivity contribution is -0.385. The first kappa shape index (κ1) is 16.2. The van der Waals surface area contributed by atoms with Gasteiger partial charge in [0.25, 0.3) is 0 Å². The number of carbonyl (C=O) groups is 3. The Labute approximate surface area is 153 Å². The van der Waals surface area contributed by atoms with E-state index in [-0.39, 0.29) is 46.9 Å². The number of hydrogen-bond donors (Lipinski definition) is 0. The Morgan fingerprint density at radius 2 is 1.74 bits per heavy atom. The van der Waals surface area contributed by atoms with Crippen molar-refractivity contribution >= 4 is 29.2 Å². The van der Waals surface area contributed by atoms with E-state index in [4.69, 9.17) is 4.74 Å². The first-order chi connectivity index (χ1) is 12.9. The third-order valence-electron chi connectivity index (χ3n) is 6.31. The number of anilines is 1. The number of nitrogens with zero attached hydrogens (tertiary/aromatic N) is 2. The molecule has 1 aromatic rings. The van der Waals surface area contributed by atoms with Crippen LogP contribution in [0.1, 0.15) is 13.3 Å². The van der Waals surface area contributed by atoms with E-state index >= 15 is 0 Å². The maximum Gasteiger partial charge on any atom is 0.313 e. The van der Waals surface area contributed by atoms with E-state index in [1.165, 1.54) is 12.1 Å². The van der Waals surface area contributed by atoms with Gasteiger partial charge >= 0.3 is 11.7 Å². The molecule has 1 saturated heterocycles. The van der Waals surface area contributed by atoms with Crippen molar-refractivity contribution < 1.29 is 24.0 Å². The van der Waals surface area contributed by atoms with Gasteiger partial charge in [0.05, 0.1) is 22.4 Å². The molecule has 6 atom stereocenters. The molecule has 0 aromatic heterocycles. The molecule has 3 fully saturated rings. The summed E-state index contributed by atoms with van der Waals surface area (Å²) in [5, 5.41) is 11.4. The molecule has 2 bridgehead atoms. The van der Waals surface area contributed by atoms with Crippen molar-refractivity contribution in [1.82, 2.24) is 0 Å². The van der Waals surface area contributed by atoms with Crippen molar-refractivity contribution in [3.63, 3.8) is 0 Å². The number of amides is 2. The molecule has 2 saturated carbocycles. The largest absolute Gasteiger partial charge is 0.419 e. The first-order valence-corrected chi connectivity index (χ1v) is 8.91. The van der Waals surface area contributed by atoms with Crippen LogP contribution in [0.5, 0.6) is 5.75 Å². The lowest BCUT2D eigenvalue weighted by Crippen LogP contribution is -2.40. The van der Waals surface area contributed by atoms with Crippen LogP contribution in [0.3, 0.4) is 0 Å². The maximum atomic E-state index is 13.1. The number of nitro groups is 1. The van der Waals surface area contributed by atoms with Crippen LogP contribution < -0.4 is 9.64 Å². The molecule has 1 aromatic carbocycles. The second-order valence-electron chi connectivity index (χ2n) is 7.67. The number of rotatable bonds is 3. The van der Waals surface area contributed by atoms with Crippen LogP contribution in [-0.4, -0.2) is 22.7 Å². The highest BCUT2D eigenvalue weighted by Crippen LogP contribution is 2.65. The summed E-state index contributed by atoms with van der Waals surface area (Å²) in [5.41, 5.74) is -0.308. The minimum atomic E-state index is -0.694. The van der Waals surface area contributed by atoms with Crippen LogP contribution in [0.15, 0.2) is 30.4 Å². The number of esters is 1. The molecule has 6 rings (SSSR count). The molecule has 8 heteroatoms. The Kier molecular flexibility index (Phi) is 3.14. The van der Waals surface area contributed by atoms with Gasteiger partial charge in [0.15, 0.2) is 0 Å². The maximum absolute atomic E-state index is 13.1. The molecule has 0 N–H and O–H groups in total. The Hall–Kier alpha value is -3.03. The van der Waals surface area contributed by atoms with Crippen molar-refractivity contribution in [2.75, 3.05) is 4.90 Å². The monoisotopic (exact) mass is 368 g/mol. The number of benzene rings is 1. The van der Waals surface area contributed by atoms with Gasteiger partial charge in [0.1, 0.15) is 0 Å². The van der Waals surface area contributed by atoms with Gasteiger partial charge in [0.2, 0.25) is 17.6 Å². The van der Waals surface area contributed by atoms with Gasteiger partial charge in [-0.3, -0.25) is 24.5 Å². The van der Waals surface area contributed by atoms with Gasteiger partial charge in [-0.15, -0.1) is 0 Å². The van der Waals surface area contributed by atoms with E-state index in [2.05, 4.69) is 12.2 Å². The number of ether oxygens (including phenoxy) is 1. The zero-order chi connectivity index (χ0) is 19.0. The number of nitro benzene ring substituents is 1. The summed E-state index contributed by atoms with van der Waals surface area (Å²) in [7, 11) is 0. The molecule has 5 aliphatic rings. The lowest BCUT2D eigenvalue weighted by atomic mass is 9.63. The van der Waals surface area contributed by atoms with Crippen LogP contribution in [0.25, 0.3) is 0 Å². The van der Waals surface area contributed by atoms with Gasteiger partial charge in [-0.2, -0.15) is 0 Å². The zero-order valence-electron chi connectivity index (χ0n) is 14.4. The average Bonchev–Trinajstić information content (AvgIpc) is 3.39. The molecular weight excluding hydrogens is 352 g/mol. The van der Waals surface area contributed by atoms with E-state index in [0.29, 0.717) is 11.8 Å². The molecule has 1 aliphatic heterocycles. The Bertz CT molecular complexity index is 918. The van der Waals surface area contributed by atoms with Crippen LogP contribution in [-0.2, 0) is 14.4 Å². The van der Waals surface area contributed by atoms with E-state index < -0.39 is 16.6 Å². The SMILES string of the molecule is CC(=O)Oc1ccc(N2C(=O)[C@H]3[C@@H]4C=C[C@@H]([C@H]5C[C@H]45)[C@@H]3C2=O)cc1[N+](=O)[O-]. The standard InChI is InChI=1S/C19H16N2O6/c1-8(22)27-15-5-2-9(6-14(15)21(25)26)20-18(23)16-10-3-4-11(13-7-12(10)13)17(16)19(20)24/h2-6,10-13,16-17H,7H2,1H3/t10-,11+,12-,13-,16+,17+/m1/s1. The summed E-state index contributed by atoms with van der Waals surface area (Å²) in [6.07, 6.45) is 5.21. The Balaban J connectivity index is 1.53. The van der Waals surface area contributed by atoms with Crippen LogP contribution in [0, 0.1) is 45.6 Å². The van der Waals surface area contributed by atoms with Crippen LogP contribution >= 0.6 is 0 Å². The number of hydrogen-bond acceptors (Lipinski definition) is 6. The number of allylic oxidation sites excluding steroid dienone is 2. The molecule has 0 unspecified atom stereocenters. The third kappa shape index (κ3) is 2.12. The van der Waals surface area contributed by atoms with E-state index in [1.54, 1.807) is 0 Å². The number of imide groups is 1. The fourth-order valence-electron chi connectivity index (χ4n) is 5.24. The molecule has 2 amide bonds. The second-order valence-corrected chi connectivity index (χ2v) is 7.67. The zero-order valence-corrected chi connectivity index (χ0v) is 14.4. The highest BCUT2D eigenvalue weighted by Gasteiger charge is 2.67. The molecule has 138 valence electrons.